The Bertz CT molecular complexity index is 1000. The molecule has 1 aliphatic heterocycles. The van der Waals surface area contributed by atoms with Crippen LogP contribution in [-0.2, 0) is 9.59 Å². The van der Waals surface area contributed by atoms with Gasteiger partial charge in [0.15, 0.2) is 0 Å². The van der Waals surface area contributed by atoms with Crippen LogP contribution in [0.1, 0.15) is 12.8 Å². The van der Waals surface area contributed by atoms with Crippen molar-refractivity contribution < 1.29 is 14.7 Å². The maximum absolute atomic E-state index is 12.2. The van der Waals surface area contributed by atoms with Gasteiger partial charge in [-0.05, 0) is 36.8 Å². The van der Waals surface area contributed by atoms with Crippen molar-refractivity contribution in [2.75, 3.05) is 12.0 Å². The summed E-state index contributed by atoms with van der Waals surface area (Å²) in [6.45, 7) is 0.0307. The normalized spacial score (nSPS) is 14.0. The average molecular weight is 433 g/mol. The number of aliphatic imine (C=N–C) groups is 1. The summed E-state index contributed by atoms with van der Waals surface area (Å²) in [5.74, 6) is -0.870. The number of hydrazine groups is 1. The summed E-state index contributed by atoms with van der Waals surface area (Å²) < 4.78 is 0. The molecule has 0 bridgehead atoms. The van der Waals surface area contributed by atoms with Crippen LogP contribution >= 0.6 is 23.2 Å². The third-order valence-corrected chi connectivity index (χ3v) is 4.66. The third kappa shape index (κ3) is 5.49. The molecule has 2 aromatic carbocycles. The first-order valence-electron chi connectivity index (χ1n) is 8.77. The van der Waals surface area contributed by atoms with Gasteiger partial charge in [-0.3, -0.25) is 25.4 Å². The number of hydrogen-bond donors (Lipinski definition) is 4. The summed E-state index contributed by atoms with van der Waals surface area (Å²) in [7, 11) is 0. The molecule has 1 heterocycles. The highest BCUT2D eigenvalue weighted by molar-refractivity contribution is 6.33. The lowest BCUT2D eigenvalue weighted by Gasteiger charge is -2.11. The molecule has 0 atom stereocenters. The van der Waals surface area contributed by atoms with Crippen molar-refractivity contribution in [1.29, 1.82) is 0 Å². The minimum atomic E-state index is -0.433. The van der Waals surface area contributed by atoms with Crippen LogP contribution in [0.4, 0.5) is 11.4 Å². The second-order valence-electron chi connectivity index (χ2n) is 6.20. The van der Waals surface area contributed by atoms with E-state index in [4.69, 9.17) is 23.2 Å². The van der Waals surface area contributed by atoms with E-state index in [-0.39, 0.29) is 36.6 Å². The minimum Gasteiger partial charge on any atom is -0.510 e. The van der Waals surface area contributed by atoms with Gasteiger partial charge in [0.1, 0.15) is 11.3 Å². The molecule has 0 spiro atoms. The van der Waals surface area contributed by atoms with Crippen molar-refractivity contribution in [3.05, 3.63) is 69.9 Å². The number of anilines is 1. The molecule has 0 unspecified atom stereocenters. The van der Waals surface area contributed by atoms with Crippen molar-refractivity contribution in [3.63, 3.8) is 0 Å². The topological polar surface area (TPSA) is 103 Å². The lowest BCUT2D eigenvalue weighted by atomic mass is 10.0. The number of halogens is 2. The lowest BCUT2D eigenvalue weighted by molar-refractivity contribution is -0.120. The first-order chi connectivity index (χ1) is 13.9. The SMILES string of the molecule is O=C(CCC(=Nc1cccc(Cl)c1)C1=C(O)CNC1=O)NNc1ccccc1Cl. The van der Waals surface area contributed by atoms with Gasteiger partial charge in [0, 0.05) is 11.4 Å². The summed E-state index contributed by atoms with van der Waals surface area (Å²) >= 11 is 12.0. The molecule has 0 radical (unpaired) electrons. The minimum absolute atomic E-state index is 0.0287. The first kappa shape index (κ1) is 20.7. The van der Waals surface area contributed by atoms with Crippen LogP contribution in [0.2, 0.25) is 10.0 Å². The Kier molecular flexibility index (Phi) is 6.74. The van der Waals surface area contributed by atoms with Crippen LogP contribution in [0.15, 0.2) is 64.9 Å². The molecular formula is C20H18Cl2N4O3. The molecule has 7 nitrogen and oxygen atoms in total. The van der Waals surface area contributed by atoms with Crippen LogP contribution in [-0.4, -0.2) is 29.2 Å². The molecule has 4 N–H and O–H groups in total. The standard InChI is InChI=1S/C20H18Cl2N4O3/c21-12-4-3-5-13(10-12)24-16(19-17(27)11-23-20(19)29)8-9-18(28)26-25-15-7-2-1-6-14(15)22/h1-7,10,25,27H,8-9,11H2,(H,23,29)(H,26,28). The summed E-state index contributed by atoms with van der Waals surface area (Å²) in [4.78, 5) is 28.8. The molecule has 2 aromatic rings. The van der Waals surface area contributed by atoms with Gasteiger partial charge in [-0.25, -0.2) is 0 Å². The fourth-order valence-electron chi connectivity index (χ4n) is 2.70. The number of amides is 2. The fraction of sp³-hybridized carbons (Fsp3) is 0.150. The van der Waals surface area contributed by atoms with E-state index >= 15 is 0 Å². The van der Waals surface area contributed by atoms with Gasteiger partial charge in [-0.1, -0.05) is 41.4 Å². The van der Waals surface area contributed by atoms with Crippen molar-refractivity contribution in [2.45, 2.75) is 12.8 Å². The number of aliphatic hydroxyl groups excluding tert-OH is 1. The highest BCUT2D eigenvalue weighted by Crippen LogP contribution is 2.23. The van der Waals surface area contributed by atoms with Gasteiger partial charge in [0.2, 0.25) is 5.91 Å². The number of nitrogens with one attached hydrogen (secondary N) is 3. The maximum atomic E-state index is 12.2. The van der Waals surface area contributed by atoms with Gasteiger partial charge in [0.05, 0.1) is 28.7 Å². The predicted molar refractivity (Wildman–Crippen MR) is 114 cm³/mol. The van der Waals surface area contributed by atoms with E-state index in [1.54, 1.807) is 48.5 Å². The van der Waals surface area contributed by atoms with E-state index < -0.39 is 5.91 Å². The number of para-hydroxylation sites is 1. The Balaban J connectivity index is 1.72. The number of carbonyl (C=O) groups excluding carboxylic acids is 2. The van der Waals surface area contributed by atoms with Crippen LogP contribution < -0.4 is 16.2 Å². The molecule has 3 rings (SSSR count). The van der Waals surface area contributed by atoms with Crippen LogP contribution in [0, 0.1) is 0 Å². The molecule has 2 amide bonds. The Morgan fingerprint density at radius 1 is 1.14 bits per heavy atom. The number of benzene rings is 2. The smallest absolute Gasteiger partial charge is 0.257 e. The number of aliphatic hydroxyl groups is 1. The first-order valence-corrected chi connectivity index (χ1v) is 9.53. The van der Waals surface area contributed by atoms with E-state index in [1.807, 2.05) is 0 Å². The summed E-state index contributed by atoms with van der Waals surface area (Å²) in [5.41, 5.74) is 6.76. The summed E-state index contributed by atoms with van der Waals surface area (Å²) in [5, 5.41) is 13.6. The maximum Gasteiger partial charge on any atom is 0.257 e. The zero-order valence-corrected chi connectivity index (χ0v) is 16.7. The van der Waals surface area contributed by atoms with E-state index in [0.717, 1.165) is 0 Å². The molecule has 0 aromatic heterocycles. The zero-order chi connectivity index (χ0) is 20.8. The Hall–Kier alpha value is -3.03. The quantitative estimate of drug-likeness (QED) is 0.393. The van der Waals surface area contributed by atoms with Gasteiger partial charge >= 0.3 is 0 Å². The molecule has 29 heavy (non-hydrogen) atoms. The third-order valence-electron chi connectivity index (χ3n) is 4.09. The fourth-order valence-corrected chi connectivity index (χ4v) is 3.07. The molecule has 150 valence electrons. The largest absolute Gasteiger partial charge is 0.510 e. The Labute approximate surface area is 177 Å². The van der Waals surface area contributed by atoms with Gasteiger partial charge in [-0.2, -0.15) is 0 Å². The average Bonchev–Trinajstić information content (AvgIpc) is 3.03. The van der Waals surface area contributed by atoms with E-state index in [0.29, 0.717) is 27.1 Å². The molecule has 0 saturated heterocycles. The highest BCUT2D eigenvalue weighted by atomic mass is 35.5. The predicted octanol–water partition coefficient (Wildman–Crippen LogP) is 3.93. The van der Waals surface area contributed by atoms with Gasteiger partial charge in [-0.15, -0.1) is 0 Å². The molecule has 1 aliphatic rings. The van der Waals surface area contributed by atoms with Crippen LogP contribution in [0.25, 0.3) is 0 Å². The Morgan fingerprint density at radius 3 is 2.62 bits per heavy atom. The zero-order valence-electron chi connectivity index (χ0n) is 15.2. The number of hydrogen-bond acceptors (Lipinski definition) is 5. The number of nitrogens with zero attached hydrogens (tertiary/aromatic N) is 1. The van der Waals surface area contributed by atoms with E-state index in [2.05, 4.69) is 21.2 Å². The summed E-state index contributed by atoms with van der Waals surface area (Å²) in [6, 6.07) is 13.8. The van der Waals surface area contributed by atoms with Crippen molar-refractivity contribution in [3.8, 4) is 0 Å². The van der Waals surface area contributed by atoms with Crippen molar-refractivity contribution >= 4 is 52.1 Å². The number of rotatable bonds is 7. The summed E-state index contributed by atoms with van der Waals surface area (Å²) in [6.07, 6.45) is 0.163. The monoisotopic (exact) mass is 432 g/mol. The van der Waals surface area contributed by atoms with Gasteiger partial charge in [0.25, 0.3) is 5.91 Å². The van der Waals surface area contributed by atoms with Crippen molar-refractivity contribution in [1.82, 2.24) is 10.7 Å². The van der Waals surface area contributed by atoms with Crippen LogP contribution in [0.3, 0.4) is 0 Å². The second-order valence-corrected chi connectivity index (χ2v) is 7.04. The van der Waals surface area contributed by atoms with E-state index in [9.17, 15) is 14.7 Å². The van der Waals surface area contributed by atoms with Crippen LogP contribution in [0.5, 0.6) is 0 Å². The van der Waals surface area contributed by atoms with Gasteiger partial charge < -0.3 is 10.4 Å². The molecule has 0 fully saturated rings. The molecular weight excluding hydrogens is 415 g/mol. The highest BCUT2D eigenvalue weighted by Gasteiger charge is 2.27. The van der Waals surface area contributed by atoms with E-state index in [1.165, 1.54) is 0 Å². The second kappa shape index (κ2) is 9.45. The Morgan fingerprint density at radius 2 is 1.93 bits per heavy atom. The number of carbonyl (C=O) groups is 2. The molecule has 0 aliphatic carbocycles. The molecule has 9 heteroatoms. The van der Waals surface area contributed by atoms with Crippen molar-refractivity contribution in [2.24, 2.45) is 4.99 Å². The molecule has 0 saturated carbocycles. The lowest BCUT2D eigenvalue weighted by Crippen LogP contribution is -2.30.